The Morgan fingerprint density at radius 2 is 2.30 bits per heavy atom. The lowest BCUT2D eigenvalue weighted by Gasteiger charge is -2.06. The average molecular weight is 276 g/mol. The Kier molecular flexibility index (Phi) is 6.70. The molecule has 0 unspecified atom stereocenters. The van der Waals surface area contributed by atoms with Crippen molar-refractivity contribution < 1.29 is 0 Å². The molecule has 0 aliphatic carbocycles. The van der Waals surface area contributed by atoms with Crippen molar-refractivity contribution in [1.82, 2.24) is 9.97 Å². The molecule has 0 saturated carbocycles. The van der Waals surface area contributed by atoms with Crippen LogP contribution in [0.1, 0.15) is 45.7 Å². The van der Waals surface area contributed by atoms with Crippen molar-refractivity contribution in [3.8, 4) is 0 Å². The summed E-state index contributed by atoms with van der Waals surface area (Å²) in [4.78, 5) is 17.9. The van der Waals surface area contributed by atoms with Crippen LogP contribution in [-0.4, -0.2) is 16.2 Å². The fourth-order valence-corrected chi connectivity index (χ4v) is 1.75. The average Bonchev–Trinajstić information content (AvgIpc) is 2.33. The molecule has 0 amide bonds. The largest absolute Gasteiger partial charge is 0.291 e. The third kappa shape index (κ3) is 6.87. The van der Waals surface area contributed by atoms with E-state index in [2.05, 4.69) is 47.3 Å². The van der Waals surface area contributed by atoms with Crippen LogP contribution in [-0.2, 0) is 0 Å². The number of H-pyrrole nitrogens is 1. The maximum atomic E-state index is 11.2. The van der Waals surface area contributed by atoms with Gasteiger partial charge in [-0.1, -0.05) is 18.6 Å². The van der Waals surface area contributed by atoms with Gasteiger partial charge < -0.3 is 0 Å². The number of nitrogens with zero attached hydrogens (tertiary/aromatic N) is 2. The maximum Gasteiger partial charge on any atom is 0.252 e. The van der Waals surface area contributed by atoms with Gasteiger partial charge in [0.15, 0.2) is 0 Å². The van der Waals surface area contributed by atoms with Crippen molar-refractivity contribution in [3.63, 3.8) is 0 Å². The van der Waals surface area contributed by atoms with Crippen molar-refractivity contribution in [1.29, 1.82) is 0 Å². The number of aromatic nitrogens is 2. The Labute approximate surface area is 120 Å². The first kappa shape index (κ1) is 16.1. The van der Waals surface area contributed by atoms with E-state index in [9.17, 15) is 4.79 Å². The Morgan fingerprint density at radius 1 is 1.55 bits per heavy atom. The summed E-state index contributed by atoms with van der Waals surface area (Å²) in [7, 11) is 0. The molecule has 2 N–H and O–H groups in total. The minimum atomic E-state index is -0.176. The lowest BCUT2D eigenvalue weighted by Crippen LogP contribution is -2.10. The summed E-state index contributed by atoms with van der Waals surface area (Å²) < 4.78 is 0. The number of anilines is 1. The number of hydrogen-bond acceptors (Lipinski definition) is 4. The fourth-order valence-electron chi connectivity index (χ4n) is 1.75. The van der Waals surface area contributed by atoms with Gasteiger partial charge in [-0.25, -0.2) is 10.4 Å². The molecule has 0 spiro atoms. The van der Waals surface area contributed by atoms with Crippen LogP contribution in [0.15, 0.2) is 27.6 Å². The Morgan fingerprint density at radius 3 is 2.95 bits per heavy atom. The highest BCUT2D eigenvalue weighted by Gasteiger charge is 1.99. The van der Waals surface area contributed by atoms with Crippen LogP contribution in [0.5, 0.6) is 0 Å². The van der Waals surface area contributed by atoms with Gasteiger partial charge in [-0.05, 0) is 46.0 Å². The second-order valence-corrected chi connectivity index (χ2v) is 5.36. The highest BCUT2D eigenvalue weighted by Crippen LogP contribution is 2.10. The van der Waals surface area contributed by atoms with Gasteiger partial charge >= 0.3 is 0 Å². The molecule has 1 aromatic rings. The normalized spacial score (nSPS) is 12.4. The van der Waals surface area contributed by atoms with Crippen LogP contribution < -0.4 is 11.0 Å². The molecule has 1 rings (SSSR count). The lowest BCUT2D eigenvalue weighted by molar-refractivity contribution is 0.563. The molecular weight excluding hydrogens is 252 g/mol. The van der Waals surface area contributed by atoms with E-state index in [0.29, 0.717) is 17.6 Å². The number of nitrogens with one attached hydrogen (secondary N) is 2. The summed E-state index contributed by atoms with van der Waals surface area (Å²) in [5.41, 5.74) is 4.60. The quantitative estimate of drug-likeness (QED) is 0.456. The minimum Gasteiger partial charge on any atom is -0.291 e. The van der Waals surface area contributed by atoms with E-state index in [1.807, 2.05) is 6.21 Å². The molecule has 5 heteroatoms. The number of aromatic amines is 1. The van der Waals surface area contributed by atoms with E-state index in [-0.39, 0.29) is 5.56 Å². The first-order valence-electron chi connectivity index (χ1n) is 6.96. The number of hydrazone groups is 1. The minimum absolute atomic E-state index is 0.176. The fraction of sp³-hybridized carbons (Fsp3) is 0.533. The van der Waals surface area contributed by atoms with Gasteiger partial charge in [-0.3, -0.25) is 9.78 Å². The Bertz CT molecular complexity index is 527. The van der Waals surface area contributed by atoms with Crippen LogP contribution in [0.3, 0.4) is 0 Å². The number of hydrogen-bond donors (Lipinski definition) is 2. The predicted molar refractivity (Wildman–Crippen MR) is 84.2 cm³/mol. The van der Waals surface area contributed by atoms with Gasteiger partial charge in [-0.2, -0.15) is 5.10 Å². The van der Waals surface area contributed by atoms with Crippen LogP contribution in [0.2, 0.25) is 0 Å². The van der Waals surface area contributed by atoms with E-state index in [1.54, 1.807) is 6.92 Å². The van der Waals surface area contributed by atoms with Gasteiger partial charge in [-0.15, -0.1) is 0 Å². The monoisotopic (exact) mass is 276 g/mol. The molecule has 20 heavy (non-hydrogen) atoms. The molecule has 110 valence electrons. The van der Waals surface area contributed by atoms with Gasteiger partial charge in [0.05, 0.1) is 0 Å². The molecule has 0 aliphatic rings. The molecule has 0 bridgehead atoms. The van der Waals surface area contributed by atoms with Crippen LogP contribution in [0.4, 0.5) is 5.95 Å². The van der Waals surface area contributed by atoms with Crippen molar-refractivity contribution in [3.05, 3.63) is 33.8 Å². The van der Waals surface area contributed by atoms with E-state index < -0.39 is 0 Å². The van der Waals surface area contributed by atoms with Crippen LogP contribution in [0, 0.1) is 12.8 Å². The summed E-state index contributed by atoms with van der Waals surface area (Å²) in [5.74, 6) is 0.962. The molecule has 1 heterocycles. The topological polar surface area (TPSA) is 70.1 Å². The Balaban J connectivity index is 2.34. The first-order valence-corrected chi connectivity index (χ1v) is 6.96. The standard InChI is InChI=1S/C15H24N4O/c1-11(2)6-5-7-12(3)8-9-16-19-15-17-13(4)10-14(20)18-15/h6,9-10,12H,5,7-8H2,1-4H3,(H2,17,18,19,20)/b16-9-/t12-/m0/s1. The predicted octanol–water partition coefficient (Wildman–Crippen LogP) is 3.25. The van der Waals surface area contributed by atoms with Gasteiger partial charge in [0, 0.05) is 18.0 Å². The highest BCUT2D eigenvalue weighted by molar-refractivity contribution is 5.58. The van der Waals surface area contributed by atoms with E-state index in [1.165, 1.54) is 11.6 Å². The molecule has 1 atom stereocenters. The molecule has 1 aromatic heterocycles. The molecular formula is C15H24N4O. The third-order valence-corrected chi connectivity index (χ3v) is 2.85. The maximum absolute atomic E-state index is 11.2. The van der Waals surface area contributed by atoms with E-state index in [0.717, 1.165) is 19.3 Å². The van der Waals surface area contributed by atoms with Gasteiger partial charge in [0.1, 0.15) is 0 Å². The van der Waals surface area contributed by atoms with Crippen LogP contribution >= 0.6 is 0 Å². The van der Waals surface area contributed by atoms with Crippen molar-refractivity contribution in [2.45, 2.75) is 47.0 Å². The van der Waals surface area contributed by atoms with E-state index >= 15 is 0 Å². The molecule has 0 radical (unpaired) electrons. The zero-order valence-electron chi connectivity index (χ0n) is 12.7. The molecule has 0 aliphatic heterocycles. The summed E-state index contributed by atoms with van der Waals surface area (Å²) in [6.07, 6.45) is 7.25. The number of allylic oxidation sites excluding steroid dienone is 2. The second kappa shape index (κ2) is 8.30. The van der Waals surface area contributed by atoms with Crippen molar-refractivity contribution >= 4 is 12.2 Å². The summed E-state index contributed by atoms with van der Waals surface area (Å²) >= 11 is 0. The van der Waals surface area contributed by atoms with Crippen LogP contribution in [0.25, 0.3) is 0 Å². The Hall–Kier alpha value is -1.91. The number of rotatable bonds is 7. The van der Waals surface area contributed by atoms with Gasteiger partial charge in [0.2, 0.25) is 5.95 Å². The highest BCUT2D eigenvalue weighted by atomic mass is 16.1. The molecule has 0 saturated heterocycles. The molecule has 0 fully saturated rings. The lowest BCUT2D eigenvalue weighted by atomic mass is 10.0. The SMILES string of the molecule is CC(C)=CCC[C@H](C)C/C=N\Nc1nc(C)cc(=O)[nH]1. The summed E-state index contributed by atoms with van der Waals surface area (Å²) in [5, 5.41) is 4.08. The molecule has 0 aromatic carbocycles. The van der Waals surface area contributed by atoms with E-state index in [4.69, 9.17) is 0 Å². The smallest absolute Gasteiger partial charge is 0.252 e. The third-order valence-electron chi connectivity index (χ3n) is 2.85. The van der Waals surface area contributed by atoms with Gasteiger partial charge in [0.25, 0.3) is 5.56 Å². The second-order valence-electron chi connectivity index (χ2n) is 5.36. The summed E-state index contributed by atoms with van der Waals surface area (Å²) in [6, 6.07) is 1.44. The van der Waals surface area contributed by atoms with Crippen molar-refractivity contribution in [2.24, 2.45) is 11.0 Å². The first-order chi connectivity index (χ1) is 9.47. The number of aryl methyl sites for hydroxylation is 1. The zero-order chi connectivity index (χ0) is 15.0. The summed E-state index contributed by atoms with van der Waals surface area (Å²) in [6.45, 7) is 8.21. The molecule has 5 nitrogen and oxygen atoms in total. The zero-order valence-corrected chi connectivity index (χ0v) is 12.7. The van der Waals surface area contributed by atoms with Crippen molar-refractivity contribution in [2.75, 3.05) is 5.43 Å².